The van der Waals surface area contributed by atoms with Gasteiger partial charge < -0.3 is 9.80 Å². The van der Waals surface area contributed by atoms with Gasteiger partial charge in [0.2, 0.25) is 5.91 Å². The van der Waals surface area contributed by atoms with Crippen molar-refractivity contribution in [3.63, 3.8) is 0 Å². The summed E-state index contributed by atoms with van der Waals surface area (Å²) < 4.78 is 17.5. The highest BCUT2D eigenvalue weighted by Gasteiger charge is 2.23. The highest BCUT2D eigenvalue weighted by atomic mass is 19.1. The van der Waals surface area contributed by atoms with E-state index in [4.69, 9.17) is 0 Å². The summed E-state index contributed by atoms with van der Waals surface area (Å²) in [5.41, 5.74) is 3.42. The Kier molecular flexibility index (Phi) is 5.05. The Balaban J connectivity index is 1.21. The van der Waals surface area contributed by atoms with E-state index in [0.717, 1.165) is 16.9 Å². The van der Waals surface area contributed by atoms with Crippen molar-refractivity contribution in [2.45, 2.75) is 6.54 Å². The first kappa shape index (κ1) is 21.1. The highest BCUT2D eigenvalue weighted by Crippen LogP contribution is 2.21. The average Bonchev–Trinajstić information content (AvgIpc) is 3.47. The van der Waals surface area contributed by atoms with E-state index in [2.05, 4.69) is 15.1 Å². The molecule has 0 radical (unpaired) electrons. The lowest BCUT2D eigenvalue weighted by atomic mass is 10.1. The molecule has 1 aliphatic rings. The predicted molar refractivity (Wildman–Crippen MR) is 129 cm³/mol. The summed E-state index contributed by atoms with van der Waals surface area (Å²) in [5, 5.41) is 9.06. The normalized spacial score (nSPS) is 14.2. The predicted octanol–water partition coefficient (Wildman–Crippen LogP) is 2.30. The molecule has 1 amide bonds. The van der Waals surface area contributed by atoms with E-state index in [1.165, 1.54) is 21.2 Å². The number of amides is 1. The van der Waals surface area contributed by atoms with Crippen molar-refractivity contribution in [1.29, 1.82) is 0 Å². The maximum Gasteiger partial charge on any atom is 0.350 e. The van der Waals surface area contributed by atoms with Crippen molar-refractivity contribution < 1.29 is 9.18 Å². The molecule has 0 bridgehead atoms. The molecule has 9 nitrogen and oxygen atoms in total. The first-order valence-electron chi connectivity index (χ1n) is 11.4. The van der Waals surface area contributed by atoms with Crippen molar-refractivity contribution in [3.8, 4) is 11.3 Å². The van der Waals surface area contributed by atoms with Gasteiger partial charge in [-0.15, -0.1) is 5.10 Å². The quantitative estimate of drug-likeness (QED) is 0.402. The van der Waals surface area contributed by atoms with Crippen LogP contribution in [0.15, 0.2) is 77.9 Å². The number of hydrogen-bond acceptors (Lipinski definition) is 5. The van der Waals surface area contributed by atoms with Gasteiger partial charge in [-0.3, -0.25) is 4.79 Å². The molecule has 2 aromatic carbocycles. The van der Waals surface area contributed by atoms with Gasteiger partial charge in [0, 0.05) is 49.8 Å². The van der Waals surface area contributed by atoms with Crippen LogP contribution < -0.4 is 10.6 Å². The molecule has 35 heavy (non-hydrogen) atoms. The van der Waals surface area contributed by atoms with Gasteiger partial charge in [0.25, 0.3) is 0 Å². The number of nitrogens with zero attached hydrogens (tertiary/aromatic N) is 7. The van der Waals surface area contributed by atoms with Crippen molar-refractivity contribution in [2.75, 3.05) is 31.1 Å². The number of rotatable bonds is 4. The molecule has 3 aromatic heterocycles. The number of benzene rings is 2. The molecule has 0 aliphatic carbocycles. The third-order valence-corrected chi connectivity index (χ3v) is 6.37. The lowest BCUT2D eigenvalue weighted by Gasteiger charge is -2.36. The second kappa shape index (κ2) is 8.39. The number of anilines is 1. The summed E-state index contributed by atoms with van der Waals surface area (Å²) in [5.74, 6) is -0.436. The van der Waals surface area contributed by atoms with Crippen LogP contribution in [0.2, 0.25) is 0 Å². The van der Waals surface area contributed by atoms with Crippen molar-refractivity contribution in [3.05, 3.63) is 89.4 Å². The lowest BCUT2D eigenvalue weighted by Crippen LogP contribution is -2.50. The van der Waals surface area contributed by atoms with Crippen LogP contribution in [0.25, 0.3) is 22.4 Å². The minimum Gasteiger partial charge on any atom is -0.368 e. The summed E-state index contributed by atoms with van der Waals surface area (Å²) in [4.78, 5) is 29.8. The van der Waals surface area contributed by atoms with E-state index in [-0.39, 0.29) is 24.0 Å². The topological polar surface area (TPSA) is 80.1 Å². The number of fused-ring (bicyclic) bond motifs is 3. The third-order valence-electron chi connectivity index (χ3n) is 6.37. The third kappa shape index (κ3) is 3.82. The molecule has 5 aromatic rings. The molecule has 4 heterocycles. The summed E-state index contributed by atoms with van der Waals surface area (Å²) in [6.07, 6.45) is 3.32. The number of halogens is 1. The van der Waals surface area contributed by atoms with Gasteiger partial charge in [0.1, 0.15) is 17.9 Å². The van der Waals surface area contributed by atoms with Gasteiger partial charge in [-0.1, -0.05) is 30.3 Å². The number of hydrogen-bond donors (Lipinski definition) is 0. The van der Waals surface area contributed by atoms with Gasteiger partial charge in [-0.25, -0.2) is 22.8 Å². The molecule has 0 N–H and O–H groups in total. The van der Waals surface area contributed by atoms with E-state index in [1.54, 1.807) is 33.9 Å². The van der Waals surface area contributed by atoms with E-state index >= 15 is 0 Å². The standard InChI is InChI=1S/C25H22FN7O2/c26-19-6-8-20(9-7-19)29-10-12-30(13-11-29)23(34)17-33-25(35)31-14-15-32-22(24(31)28-33)16-21(27-32)18-4-2-1-3-5-18/h1-9,14-16H,10-13,17H2. The minimum absolute atomic E-state index is 0.136. The number of piperazine rings is 1. The molecule has 176 valence electrons. The van der Waals surface area contributed by atoms with E-state index in [9.17, 15) is 14.0 Å². The van der Waals surface area contributed by atoms with Crippen LogP contribution in [-0.2, 0) is 11.3 Å². The highest BCUT2D eigenvalue weighted by molar-refractivity contribution is 5.78. The zero-order chi connectivity index (χ0) is 23.9. The van der Waals surface area contributed by atoms with Crippen molar-refractivity contribution in [1.82, 2.24) is 28.7 Å². The van der Waals surface area contributed by atoms with Gasteiger partial charge in [-0.2, -0.15) is 5.10 Å². The lowest BCUT2D eigenvalue weighted by molar-refractivity contribution is -0.132. The molecule has 1 fully saturated rings. The van der Waals surface area contributed by atoms with Gasteiger partial charge in [0.05, 0.1) is 5.69 Å². The summed E-state index contributed by atoms with van der Waals surface area (Å²) >= 11 is 0. The second-order valence-corrected chi connectivity index (χ2v) is 8.50. The molecular formula is C25H22FN7O2. The number of aromatic nitrogens is 5. The van der Waals surface area contributed by atoms with Crippen LogP contribution in [0.4, 0.5) is 10.1 Å². The molecule has 0 unspecified atom stereocenters. The molecule has 1 saturated heterocycles. The SMILES string of the molecule is O=C(Cn1nc2c3cc(-c4ccccc4)nn3ccn2c1=O)N1CCN(c2ccc(F)cc2)CC1. The molecule has 0 atom stereocenters. The number of carbonyl (C=O) groups excluding carboxylic acids is 1. The second-order valence-electron chi connectivity index (χ2n) is 8.50. The van der Waals surface area contributed by atoms with E-state index in [1.807, 2.05) is 36.4 Å². The van der Waals surface area contributed by atoms with Crippen LogP contribution >= 0.6 is 0 Å². The Hall–Kier alpha value is -4.47. The molecular weight excluding hydrogens is 449 g/mol. The summed E-state index contributed by atoms with van der Waals surface area (Å²) in [6.45, 7) is 2.17. The van der Waals surface area contributed by atoms with Crippen LogP contribution in [0.1, 0.15) is 0 Å². The van der Waals surface area contributed by atoms with Crippen LogP contribution in [0, 0.1) is 5.82 Å². The molecule has 0 spiro atoms. The Morgan fingerprint density at radius 3 is 2.40 bits per heavy atom. The van der Waals surface area contributed by atoms with Gasteiger partial charge in [-0.05, 0) is 30.3 Å². The summed E-state index contributed by atoms with van der Waals surface area (Å²) in [7, 11) is 0. The molecule has 10 heteroatoms. The Bertz CT molecular complexity index is 1580. The Morgan fingerprint density at radius 2 is 1.66 bits per heavy atom. The van der Waals surface area contributed by atoms with Gasteiger partial charge >= 0.3 is 5.69 Å². The van der Waals surface area contributed by atoms with Crippen molar-refractivity contribution >= 4 is 22.8 Å². The van der Waals surface area contributed by atoms with Crippen LogP contribution in [-0.4, -0.2) is 60.8 Å². The largest absolute Gasteiger partial charge is 0.368 e. The monoisotopic (exact) mass is 471 g/mol. The van der Waals surface area contributed by atoms with E-state index < -0.39 is 0 Å². The molecule has 0 saturated carbocycles. The zero-order valence-corrected chi connectivity index (χ0v) is 18.8. The Labute approximate surface area is 199 Å². The average molecular weight is 471 g/mol. The van der Waals surface area contributed by atoms with E-state index in [0.29, 0.717) is 37.3 Å². The molecule has 1 aliphatic heterocycles. The van der Waals surface area contributed by atoms with Crippen molar-refractivity contribution in [2.24, 2.45) is 0 Å². The van der Waals surface area contributed by atoms with Crippen LogP contribution in [0.3, 0.4) is 0 Å². The maximum absolute atomic E-state index is 13.2. The Morgan fingerprint density at radius 1 is 0.914 bits per heavy atom. The zero-order valence-electron chi connectivity index (χ0n) is 18.8. The molecule has 6 rings (SSSR count). The fourth-order valence-electron chi connectivity index (χ4n) is 4.48. The first-order chi connectivity index (χ1) is 17.1. The van der Waals surface area contributed by atoms with Gasteiger partial charge in [0.15, 0.2) is 5.65 Å². The number of carbonyl (C=O) groups is 1. The minimum atomic E-state index is -0.372. The fourth-order valence-corrected chi connectivity index (χ4v) is 4.48. The smallest absolute Gasteiger partial charge is 0.350 e. The fraction of sp³-hybridized carbons (Fsp3) is 0.200. The summed E-state index contributed by atoms with van der Waals surface area (Å²) in [6, 6.07) is 18.0. The first-order valence-corrected chi connectivity index (χ1v) is 11.4. The van der Waals surface area contributed by atoms with Crippen LogP contribution in [0.5, 0.6) is 0 Å². The maximum atomic E-state index is 13.2.